The maximum absolute atomic E-state index is 14.1. The topological polar surface area (TPSA) is 68.0 Å². The maximum Gasteiger partial charge on any atom is 0.248 e. The van der Waals surface area contributed by atoms with Crippen LogP contribution in [0.3, 0.4) is 0 Å². The minimum Gasteiger partial charge on any atom is -0.326 e. The zero-order chi connectivity index (χ0) is 18.3. The lowest BCUT2D eigenvalue weighted by Crippen LogP contribution is -2.43. The molecule has 0 aromatic carbocycles. The second-order valence-corrected chi connectivity index (χ2v) is 8.85. The van der Waals surface area contributed by atoms with E-state index in [1.807, 2.05) is 0 Å². The Labute approximate surface area is 156 Å². The van der Waals surface area contributed by atoms with Gasteiger partial charge < -0.3 is 5.32 Å². The molecule has 3 fully saturated rings. The molecule has 7 heteroatoms. The molecule has 3 saturated carbocycles. The van der Waals surface area contributed by atoms with Crippen molar-refractivity contribution < 1.29 is 13.6 Å². The van der Waals surface area contributed by atoms with E-state index in [9.17, 15) is 13.6 Å². The fourth-order valence-electron chi connectivity index (χ4n) is 5.56. The van der Waals surface area contributed by atoms with E-state index in [0.717, 1.165) is 24.3 Å². The molecular weight excluding hydrogens is 356 g/mol. The number of nitrogens with zero attached hydrogens (tertiary/aromatic N) is 1. The third-order valence-electron chi connectivity index (χ3n) is 6.68. The van der Waals surface area contributed by atoms with Crippen LogP contribution in [0.5, 0.6) is 0 Å². The van der Waals surface area contributed by atoms with Crippen LogP contribution in [0.1, 0.15) is 44.9 Å². The molecule has 3 aliphatic carbocycles. The average molecular weight is 381 g/mol. The number of nitrogens with two attached hydrogens (primary N) is 1. The molecule has 3 aliphatic rings. The molecule has 26 heavy (non-hydrogen) atoms. The van der Waals surface area contributed by atoms with Gasteiger partial charge in [-0.3, -0.25) is 9.93 Å². The Morgan fingerprint density at radius 1 is 1.27 bits per heavy atom. The Kier molecular flexibility index (Phi) is 4.94. The van der Waals surface area contributed by atoms with E-state index in [1.54, 1.807) is 18.3 Å². The number of carbonyl (C=O) groups excluding carboxylic acids is 1. The van der Waals surface area contributed by atoms with Gasteiger partial charge in [0, 0.05) is 30.6 Å². The van der Waals surface area contributed by atoms with Crippen LogP contribution < -0.4 is 10.5 Å². The lowest BCUT2D eigenvalue weighted by molar-refractivity contribution is -0.134. The zero-order valence-electron chi connectivity index (χ0n) is 14.7. The van der Waals surface area contributed by atoms with Crippen LogP contribution in [0.15, 0.2) is 23.4 Å². The SMILES string of the molecule is NSc1cc(NC(=O)[C@@H]2CC(F)(F)CCC2C2CC3CCC2C3)ccn1. The number of alkyl halides is 2. The Morgan fingerprint density at radius 3 is 2.81 bits per heavy atom. The van der Waals surface area contributed by atoms with Gasteiger partial charge in [-0.25, -0.2) is 13.8 Å². The number of hydrogen-bond acceptors (Lipinski definition) is 4. The maximum atomic E-state index is 14.1. The van der Waals surface area contributed by atoms with Crippen molar-refractivity contribution in [3.05, 3.63) is 18.3 Å². The van der Waals surface area contributed by atoms with Gasteiger partial charge in [-0.05, 0) is 73.4 Å². The van der Waals surface area contributed by atoms with Crippen LogP contribution in [-0.4, -0.2) is 16.8 Å². The number of fused-ring (bicyclic) bond motifs is 2. The van der Waals surface area contributed by atoms with Crippen LogP contribution in [0.25, 0.3) is 0 Å². The van der Waals surface area contributed by atoms with E-state index in [0.29, 0.717) is 29.0 Å². The normalized spacial score (nSPS) is 35.4. The van der Waals surface area contributed by atoms with Crippen molar-refractivity contribution in [3.63, 3.8) is 0 Å². The Morgan fingerprint density at radius 2 is 2.12 bits per heavy atom. The largest absolute Gasteiger partial charge is 0.326 e. The van der Waals surface area contributed by atoms with Gasteiger partial charge in [0.1, 0.15) is 5.03 Å². The summed E-state index contributed by atoms with van der Waals surface area (Å²) in [5, 5.41) is 8.93. The first-order valence-corrected chi connectivity index (χ1v) is 10.3. The highest BCUT2D eigenvalue weighted by Crippen LogP contribution is 2.56. The minimum absolute atomic E-state index is 0.0788. The average Bonchev–Trinajstić information content (AvgIpc) is 3.24. The molecule has 1 heterocycles. The number of hydrogen-bond donors (Lipinski definition) is 2. The van der Waals surface area contributed by atoms with Gasteiger partial charge in [-0.15, -0.1) is 0 Å². The van der Waals surface area contributed by atoms with Gasteiger partial charge in [0.15, 0.2) is 0 Å². The molecule has 4 rings (SSSR count). The predicted molar refractivity (Wildman–Crippen MR) is 97.6 cm³/mol. The second-order valence-electron chi connectivity index (χ2n) is 8.20. The number of halogens is 2. The van der Waals surface area contributed by atoms with E-state index in [4.69, 9.17) is 5.14 Å². The Bertz CT molecular complexity index is 687. The molecule has 0 aliphatic heterocycles. The van der Waals surface area contributed by atoms with Gasteiger partial charge in [-0.1, -0.05) is 6.42 Å². The Balaban J connectivity index is 1.52. The summed E-state index contributed by atoms with van der Waals surface area (Å²) in [6.07, 6.45) is 6.43. The van der Waals surface area contributed by atoms with Crippen molar-refractivity contribution in [2.45, 2.75) is 55.9 Å². The van der Waals surface area contributed by atoms with Crippen LogP contribution >= 0.6 is 11.9 Å². The number of carbonyl (C=O) groups is 1. The zero-order valence-corrected chi connectivity index (χ0v) is 15.5. The molecule has 1 aromatic rings. The number of anilines is 1. The summed E-state index contributed by atoms with van der Waals surface area (Å²) < 4.78 is 28.2. The minimum atomic E-state index is -2.74. The highest BCUT2D eigenvalue weighted by atomic mass is 32.2. The first-order valence-electron chi connectivity index (χ1n) is 9.46. The highest BCUT2D eigenvalue weighted by molar-refractivity contribution is 7.97. The van der Waals surface area contributed by atoms with E-state index in [1.165, 1.54) is 19.3 Å². The smallest absolute Gasteiger partial charge is 0.248 e. The fourth-order valence-corrected chi connectivity index (χ4v) is 5.88. The van der Waals surface area contributed by atoms with E-state index < -0.39 is 11.8 Å². The number of pyridine rings is 1. The van der Waals surface area contributed by atoms with Gasteiger partial charge in [0.2, 0.25) is 11.8 Å². The molecule has 1 aromatic heterocycles. The summed E-state index contributed by atoms with van der Waals surface area (Å²) in [4.78, 5) is 17.0. The molecule has 4 nitrogen and oxygen atoms in total. The molecule has 5 atom stereocenters. The molecule has 142 valence electrons. The third kappa shape index (κ3) is 3.60. The molecule has 0 saturated heterocycles. The van der Waals surface area contributed by atoms with E-state index >= 15 is 0 Å². The predicted octanol–water partition coefficient (Wildman–Crippen LogP) is 4.47. The van der Waals surface area contributed by atoms with E-state index in [2.05, 4.69) is 10.3 Å². The van der Waals surface area contributed by atoms with Crippen molar-refractivity contribution in [1.29, 1.82) is 0 Å². The highest BCUT2D eigenvalue weighted by Gasteiger charge is 2.51. The molecule has 0 radical (unpaired) electrons. The molecular formula is C19H25F2N3OS. The summed E-state index contributed by atoms with van der Waals surface area (Å²) in [7, 11) is 0. The monoisotopic (exact) mass is 381 g/mol. The first-order chi connectivity index (χ1) is 12.4. The number of amides is 1. The Hall–Kier alpha value is -1.21. The summed E-state index contributed by atoms with van der Waals surface area (Å²) >= 11 is 0.992. The second kappa shape index (κ2) is 7.08. The van der Waals surface area contributed by atoms with Gasteiger partial charge in [-0.2, -0.15) is 0 Å². The van der Waals surface area contributed by atoms with Crippen molar-refractivity contribution in [3.8, 4) is 0 Å². The lowest BCUT2D eigenvalue weighted by atomic mass is 9.66. The molecule has 4 unspecified atom stereocenters. The van der Waals surface area contributed by atoms with Crippen molar-refractivity contribution in [2.75, 3.05) is 5.32 Å². The summed E-state index contributed by atoms with van der Waals surface area (Å²) in [5.74, 6) is -1.74. The molecule has 3 N–H and O–H groups in total. The van der Waals surface area contributed by atoms with Crippen LogP contribution in [0.4, 0.5) is 14.5 Å². The lowest BCUT2D eigenvalue weighted by Gasteiger charge is -2.41. The molecule has 0 spiro atoms. The first kappa shape index (κ1) is 18.2. The fraction of sp³-hybridized carbons (Fsp3) is 0.684. The van der Waals surface area contributed by atoms with Gasteiger partial charge in [0.05, 0.1) is 0 Å². The van der Waals surface area contributed by atoms with Gasteiger partial charge >= 0.3 is 0 Å². The summed E-state index contributed by atoms with van der Waals surface area (Å²) in [6.45, 7) is 0. The van der Waals surface area contributed by atoms with Crippen molar-refractivity contribution >= 4 is 23.5 Å². The number of rotatable bonds is 4. The summed E-state index contributed by atoms with van der Waals surface area (Å²) in [6, 6.07) is 3.35. The number of nitrogens with one attached hydrogen (secondary N) is 1. The van der Waals surface area contributed by atoms with E-state index in [-0.39, 0.29) is 24.7 Å². The van der Waals surface area contributed by atoms with Crippen LogP contribution in [0, 0.1) is 29.6 Å². The van der Waals surface area contributed by atoms with Gasteiger partial charge in [0.25, 0.3) is 0 Å². The van der Waals surface area contributed by atoms with Crippen LogP contribution in [0.2, 0.25) is 0 Å². The number of aromatic nitrogens is 1. The molecule has 1 amide bonds. The third-order valence-corrected chi connectivity index (χ3v) is 7.15. The van der Waals surface area contributed by atoms with Crippen molar-refractivity contribution in [1.82, 2.24) is 4.98 Å². The molecule has 2 bridgehead atoms. The van der Waals surface area contributed by atoms with Crippen LogP contribution in [-0.2, 0) is 4.79 Å². The standard InChI is InChI=1S/C19H25F2N3OS/c20-19(21)5-3-14(15-8-11-1-2-12(15)7-11)16(10-19)18(25)24-13-4-6-23-17(9-13)26-22/h4,6,9,11-12,14-16H,1-3,5,7-8,10,22H2,(H,23,24,25)/t11?,12?,14?,15?,16-/m1/s1. The quantitative estimate of drug-likeness (QED) is 0.755. The van der Waals surface area contributed by atoms with Crippen molar-refractivity contribution in [2.24, 2.45) is 34.7 Å². The summed E-state index contributed by atoms with van der Waals surface area (Å²) in [5.41, 5.74) is 0.568.